The lowest BCUT2D eigenvalue weighted by atomic mass is 9.91. The number of piperidine rings is 1. The number of rotatable bonds is 2. The Hall–Kier alpha value is -1.36. The summed E-state index contributed by atoms with van der Waals surface area (Å²) in [6.07, 6.45) is 5.73. The lowest BCUT2D eigenvalue weighted by Crippen LogP contribution is -2.49. The molecular weight excluding hydrogens is 228 g/mol. The van der Waals surface area contributed by atoms with Gasteiger partial charge in [-0.2, -0.15) is 5.10 Å². The van der Waals surface area contributed by atoms with Gasteiger partial charge in [-0.3, -0.25) is 9.48 Å². The van der Waals surface area contributed by atoms with E-state index in [1.54, 1.807) is 17.1 Å². The third kappa shape index (κ3) is 2.41. The van der Waals surface area contributed by atoms with Crippen LogP contribution in [0.1, 0.15) is 38.3 Å². The van der Waals surface area contributed by atoms with Crippen LogP contribution in [0.5, 0.6) is 0 Å². The molecule has 5 heteroatoms. The van der Waals surface area contributed by atoms with Crippen molar-refractivity contribution in [1.82, 2.24) is 14.7 Å². The third-order valence-electron chi connectivity index (χ3n) is 4.01. The molecule has 0 radical (unpaired) electrons. The highest BCUT2D eigenvalue weighted by Gasteiger charge is 2.31. The van der Waals surface area contributed by atoms with Crippen LogP contribution >= 0.6 is 0 Å². The van der Waals surface area contributed by atoms with Gasteiger partial charge >= 0.3 is 0 Å². The van der Waals surface area contributed by atoms with Gasteiger partial charge < -0.3 is 10.6 Å². The second kappa shape index (κ2) is 5.10. The Balaban J connectivity index is 2.10. The lowest BCUT2D eigenvalue weighted by Gasteiger charge is -2.39. The van der Waals surface area contributed by atoms with E-state index in [0.29, 0.717) is 5.92 Å². The quantitative estimate of drug-likeness (QED) is 0.854. The molecule has 0 bridgehead atoms. The Morgan fingerprint density at radius 1 is 1.56 bits per heavy atom. The predicted octanol–water partition coefficient (Wildman–Crippen LogP) is 1.07. The topological polar surface area (TPSA) is 64.2 Å². The Kier molecular flexibility index (Phi) is 3.71. The molecular formula is C13H22N4O. The molecule has 5 nitrogen and oxygen atoms in total. The van der Waals surface area contributed by atoms with Gasteiger partial charge in [0.25, 0.3) is 0 Å². The molecule has 100 valence electrons. The minimum atomic E-state index is -0.591. The second-order valence-corrected chi connectivity index (χ2v) is 5.32. The van der Waals surface area contributed by atoms with Crippen LogP contribution in [0.3, 0.4) is 0 Å². The largest absolute Gasteiger partial charge is 0.338 e. The summed E-state index contributed by atoms with van der Waals surface area (Å²) in [5.41, 5.74) is 6.83. The minimum absolute atomic E-state index is 0.0158. The van der Waals surface area contributed by atoms with Crippen molar-refractivity contribution >= 4 is 5.91 Å². The van der Waals surface area contributed by atoms with Crippen LogP contribution < -0.4 is 5.73 Å². The molecule has 2 N–H and O–H groups in total. The smallest absolute Gasteiger partial charge is 0.244 e. The number of aryl methyl sites for hydroxylation is 1. The summed E-state index contributed by atoms with van der Waals surface area (Å²) in [6.45, 7) is 5.12. The molecule has 0 spiro atoms. The monoisotopic (exact) mass is 250 g/mol. The van der Waals surface area contributed by atoms with Gasteiger partial charge in [-0.05, 0) is 25.7 Å². The maximum Gasteiger partial charge on any atom is 0.244 e. The van der Waals surface area contributed by atoms with Crippen molar-refractivity contribution in [2.75, 3.05) is 6.54 Å². The first kappa shape index (κ1) is 13.1. The fourth-order valence-corrected chi connectivity index (χ4v) is 2.57. The van der Waals surface area contributed by atoms with E-state index in [1.165, 1.54) is 6.42 Å². The molecule has 1 aliphatic rings. The van der Waals surface area contributed by atoms with Gasteiger partial charge in [0.2, 0.25) is 5.91 Å². The van der Waals surface area contributed by atoms with Crippen molar-refractivity contribution in [2.45, 2.75) is 38.8 Å². The molecule has 1 saturated heterocycles. The number of nitrogens with zero attached hydrogens (tertiary/aromatic N) is 3. The van der Waals surface area contributed by atoms with Crippen LogP contribution in [0.15, 0.2) is 12.4 Å². The molecule has 18 heavy (non-hydrogen) atoms. The molecule has 1 aromatic rings. The zero-order chi connectivity index (χ0) is 13.3. The van der Waals surface area contributed by atoms with Gasteiger partial charge in [-0.25, -0.2) is 0 Å². The first-order valence-electron chi connectivity index (χ1n) is 6.55. The summed E-state index contributed by atoms with van der Waals surface area (Å²) in [4.78, 5) is 14.4. The minimum Gasteiger partial charge on any atom is -0.338 e. The molecule has 1 amide bonds. The fourth-order valence-electron chi connectivity index (χ4n) is 2.57. The number of hydrogen-bond acceptors (Lipinski definition) is 3. The lowest BCUT2D eigenvalue weighted by molar-refractivity contribution is -0.137. The van der Waals surface area contributed by atoms with E-state index in [1.807, 2.05) is 11.9 Å². The molecule has 0 aromatic carbocycles. The number of likely N-dealkylation sites (tertiary alicyclic amines) is 1. The maximum absolute atomic E-state index is 12.4. The summed E-state index contributed by atoms with van der Waals surface area (Å²) in [6, 6.07) is -0.319. The number of carbonyl (C=O) groups is 1. The SMILES string of the molecule is CC1CCCN(C(=O)C(N)c2cnn(C)c2)C1C. The van der Waals surface area contributed by atoms with E-state index in [0.717, 1.165) is 18.5 Å². The van der Waals surface area contributed by atoms with Gasteiger partial charge in [-0.1, -0.05) is 6.92 Å². The first-order chi connectivity index (χ1) is 8.50. The fraction of sp³-hybridized carbons (Fsp3) is 0.692. The van der Waals surface area contributed by atoms with Crippen molar-refractivity contribution in [3.63, 3.8) is 0 Å². The van der Waals surface area contributed by atoms with Crippen LogP contribution in [0.25, 0.3) is 0 Å². The molecule has 1 fully saturated rings. The number of hydrogen-bond donors (Lipinski definition) is 1. The van der Waals surface area contributed by atoms with Crippen LogP contribution in [-0.4, -0.2) is 33.2 Å². The molecule has 3 unspecified atom stereocenters. The first-order valence-corrected chi connectivity index (χ1v) is 6.55. The van der Waals surface area contributed by atoms with Crippen molar-refractivity contribution in [3.8, 4) is 0 Å². The van der Waals surface area contributed by atoms with Gasteiger partial charge in [-0.15, -0.1) is 0 Å². The highest BCUT2D eigenvalue weighted by molar-refractivity contribution is 5.83. The maximum atomic E-state index is 12.4. The summed E-state index contributed by atoms with van der Waals surface area (Å²) >= 11 is 0. The number of amides is 1. The van der Waals surface area contributed by atoms with Crippen molar-refractivity contribution in [1.29, 1.82) is 0 Å². The van der Waals surface area contributed by atoms with Crippen LogP contribution in [0.4, 0.5) is 0 Å². The Morgan fingerprint density at radius 3 is 2.89 bits per heavy atom. The summed E-state index contributed by atoms with van der Waals surface area (Å²) < 4.78 is 1.67. The van der Waals surface area contributed by atoms with E-state index >= 15 is 0 Å². The van der Waals surface area contributed by atoms with Crippen molar-refractivity contribution < 1.29 is 4.79 Å². The Bertz CT molecular complexity index is 428. The second-order valence-electron chi connectivity index (χ2n) is 5.32. The van der Waals surface area contributed by atoms with Gasteiger partial charge in [0.1, 0.15) is 6.04 Å². The van der Waals surface area contributed by atoms with Gasteiger partial charge in [0.15, 0.2) is 0 Å². The molecule has 0 aliphatic carbocycles. The molecule has 3 atom stereocenters. The predicted molar refractivity (Wildman–Crippen MR) is 69.7 cm³/mol. The summed E-state index contributed by atoms with van der Waals surface area (Å²) in [5, 5.41) is 4.07. The van der Waals surface area contributed by atoms with E-state index in [-0.39, 0.29) is 11.9 Å². The zero-order valence-corrected chi connectivity index (χ0v) is 11.3. The number of carbonyl (C=O) groups excluding carboxylic acids is 1. The van der Waals surface area contributed by atoms with Gasteiger partial charge in [0, 0.05) is 31.4 Å². The summed E-state index contributed by atoms with van der Waals surface area (Å²) in [5.74, 6) is 0.561. The van der Waals surface area contributed by atoms with Crippen LogP contribution in [-0.2, 0) is 11.8 Å². The Morgan fingerprint density at radius 2 is 2.28 bits per heavy atom. The highest BCUT2D eigenvalue weighted by Crippen LogP contribution is 2.25. The van der Waals surface area contributed by atoms with E-state index in [4.69, 9.17) is 5.73 Å². The zero-order valence-electron chi connectivity index (χ0n) is 11.3. The van der Waals surface area contributed by atoms with E-state index in [2.05, 4.69) is 18.9 Å². The standard InChI is InChI=1S/C13H22N4O/c1-9-5-4-6-17(10(9)2)13(18)12(14)11-7-15-16(3)8-11/h7-10,12H,4-6,14H2,1-3H3. The number of nitrogens with two attached hydrogens (primary N) is 1. The summed E-state index contributed by atoms with van der Waals surface area (Å²) in [7, 11) is 1.83. The van der Waals surface area contributed by atoms with Crippen molar-refractivity contribution in [2.24, 2.45) is 18.7 Å². The average molecular weight is 250 g/mol. The van der Waals surface area contributed by atoms with Gasteiger partial charge in [0.05, 0.1) is 6.20 Å². The number of aromatic nitrogens is 2. The normalized spacial score (nSPS) is 26.1. The van der Waals surface area contributed by atoms with Crippen LogP contribution in [0, 0.1) is 5.92 Å². The molecule has 1 aliphatic heterocycles. The van der Waals surface area contributed by atoms with E-state index < -0.39 is 6.04 Å². The third-order valence-corrected chi connectivity index (χ3v) is 4.01. The van der Waals surface area contributed by atoms with E-state index in [9.17, 15) is 4.79 Å². The van der Waals surface area contributed by atoms with Crippen LogP contribution in [0.2, 0.25) is 0 Å². The molecule has 1 aromatic heterocycles. The Labute approximate surface area is 108 Å². The average Bonchev–Trinajstić information content (AvgIpc) is 2.77. The van der Waals surface area contributed by atoms with Crippen molar-refractivity contribution in [3.05, 3.63) is 18.0 Å². The molecule has 0 saturated carbocycles. The highest BCUT2D eigenvalue weighted by atomic mass is 16.2. The molecule has 2 heterocycles. The molecule has 2 rings (SSSR count).